The molecule has 0 radical (unpaired) electrons. The molecule has 0 aliphatic heterocycles. The first-order chi connectivity index (χ1) is 11.8. The number of hydrogen-bond acceptors (Lipinski definition) is 5. The number of aromatic nitrogens is 2. The van der Waals surface area contributed by atoms with Gasteiger partial charge in [-0.1, -0.05) is 12.1 Å². The Balaban J connectivity index is 2.65. The lowest BCUT2D eigenvalue weighted by Gasteiger charge is -2.13. The molecule has 0 fully saturated rings. The smallest absolute Gasteiger partial charge is 0.343 e. The van der Waals surface area contributed by atoms with Crippen LogP contribution in [0.1, 0.15) is 16.9 Å². The molecule has 0 unspecified atom stereocenters. The van der Waals surface area contributed by atoms with Crippen molar-refractivity contribution in [2.75, 3.05) is 13.7 Å². The Kier molecular flexibility index (Phi) is 5.73. The second-order valence-corrected chi connectivity index (χ2v) is 4.67. The molecule has 0 aliphatic rings. The summed E-state index contributed by atoms with van der Waals surface area (Å²) in [5, 5.41) is 3.49. The number of esters is 1. The standard InChI is InChI=1S/C15H12F4N2O4/c1-24-14(23)9-6-21(15(18)19)20-12(13(9)22)8-4-2-3-5-10(8)25-7-11(16)17/h2-6,11,15H,7H2,1H3. The van der Waals surface area contributed by atoms with Crippen molar-refractivity contribution in [2.24, 2.45) is 0 Å². The number of hydrogen-bond donors (Lipinski definition) is 0. The van der Waals surface area contributed by atoms with Crippen LogP contribution >= 0.6 is 0 Å². The van der Waals surface area contributed by atoms with E-state index in [4.69, 9.17) is 4.74 Å². The van der Waals surface area contributed by atoms with Crippen molar-refractivity contribution >= 4 is 5.97 Å². The lowest BCUT2D eigenvalue weighted by molar-refractivity contribution is 0.0520. The van der Waals surface area contributed by atoms with Gasteiger partial charge in [-0.25, -0.2) is 18.3 Å². The summed E-state index contributed by atoms with van der Waals surface area (Å²) in [5.74, 6) is -1.29. The zero-order valence-electron chi connectivity index (χ0n) is 12.8. The minimum absolute atomic E-state index is 0.103. The highest BCUT2D eigenvalue weighted by Gasteiger charge is 2.22. The first-order valence-corrected chi connectivity index (χ1v) is 6.85. The first-order valence-electron chi connectivity index (χ1n) is 6.85. The van der Waals surface area contributed by atoms with E-state index >= 15 is 0 Å². The number of carbonyl (C=O) groups is 1. The topological polar surface area (TPSA) is 70.4 Å². The second-order valence-electron chi connectivity index (χ2n) is 4.67. The normalized spacial score (nSPS) is 11.0. The van der Waals surface area contributed by atoms with E-state index in [-0.39, 0.29) is 16.0 Å². The average molecular weight is 360 g/mol. The molecule has 0 saturated carbocycles. The van der Waals surface area contributed by atoms with Crippen molar-refractivity contribution < 1.29 is 31.8 Å². The van der Waals surface area contributed by atoms with Crippen LogP contribution in [0, 0.1) is 0 Å². The zero-order chi connectivity index (χ0) is 18.6. The van der Waals surface area contributed by atoms with Crippen LogP contribution in [0.2, 0.25) is 0 Å². The predicted octanol–water partition coefficient (Wildman–Crippen LogP) is 2.74. The van der Waals surface area contributed by atoms with Gasteiger partial charge in [-0.05, 0) is 12.1 Å². The highest BCUT2D eigenvalue weighted by molar-refractivity contribution is 5.90. The molecule has 6 nitrogen and oxygen atoms in total. The van der Waals surface area contributed by atoms with Crippen LogP contribution in [-0.2, 0) is 4.74 Å². The van der Waals surface area contributed by atoms with Crippen molar-refractivity contribution in [2.45, 2.75) is 13.0 Å². The molecule has 0 atom stereocenters. The van der Waals surface area contributed by atoms with Gasteiger partial charge in [0.25, 0.3) is 6.43 Å². The predicted molar refractivity (Wildman–Crippen MR) is 78.0 cm³/mol. The van der Waals surface area contributed by atoms with Crippen molar-refractivity contribution in [3.8, 4) is 17.0 Å². The Hall–Kier alpha value is -2.91. The summed E-state index contributed by atoms with van der Waals surface area (Å²) >= 11 is 0. The highest BCUT2D eigenvalue weighted by Crippen LogP contribution is 2.27. The Morgan fingerprint density at radius 3 is 2.52 bits per heavy atom. The first kappa shape index (κ1) is 18.4. The minimum Gasteiger partial charge on any atom is -0.487 e. The van der Waals surface area contributed by atoms with E-state index in [2.05, 4.69) is 9.84 Å². The maximum absolute atomic E-state index is 13.0. The number of ether oxygens (including phenoxy) is 2. The fourth-order valence-electron chi connectivity index (χ4n) is 1.98. The number of benzene rings is 1. The third-order valence-corrected chi connectivity index (χ3v) is 3.05. The summed E-state index contributed by atoms with van der Waals surface area (Å²) < 4.78 is 60.1. The minimum atomic E-state index is -3.14. The molecule has 2 rings (SSSR count). The Bertz CT molecular complexity index is 823. The Labute approximate surface area is 138 Å². The molecule has 2 aromatic rings. The molecule has 0 amide bonds. The summed E-state index contributed by atoms with van der Waals surface area (Å²) in [6.45, 7) is -4.10. The van der Waals surface area contributed by atoms with E-state index in [1.807, 2.05) is 0 Å². The van der Waals surface area contributed by atoms with E-state index in [9.17, 15) is 27.2 Å². The summed E-state index contributed by atoms with van der Waals surface area (Å²) in [5.41, 5.74) is -2.31. The zero-order valence-corrected chi connectivity index (χ0v) is 12.8. The van der Waals surface area contributed by atoms with Crippen molar-refractivity contribution in [3.05, 3.63) is 46.2 Å². The molecule has 1 aromatic heterocycles. The molecule has 0 aliphatic carbocycles. The summed E-state index contributed by atoms with van der Waals surface area (Å²) in [4.78, 5) is 24.1. The van der Waals surface area contributed by atoms with Crippen LogP contribution in [0.4, 0.5) is 17.6 Å². The highest BCUT2D eigenvalue weighted by atomic mass is 19.3. The lowest BCUT2D eigenvalue weighted by atomic mass is 10.1. The summed E-state index contributed by atoms with van der Waals surface area (Å²) in [6, 6.07) is 5.43. The SMILES string of the molecule is COC(=O)c1cn(C(F)F)nc(-c2ccccc2OCC(F)F)c1=O. The Morgan fingerprint density at radius 2 is 1.92 bits per heavy atom. The third kappa shape index (κ3) is 4.14. The van der Waals surface area contributed by atoms with Crippen LogP contribution in [0.15, 0.2) is 35.3 Å². The van der Waals surface area contributed by atoms with Crippen LogP contribution < -0.4 is 10.2 Å². The molecule has 0 spiro atoms. The number of alkyl halides is 4. The molecule has 1 aromatic carbocycles. The maximum atomic E-state index is 13.0. The number of methoxy groups -OCH3 is 1. The largest absolute Gasteiger partial charge is 0.487 e. The van der Waals surface area contributed by atoms with Gasteiger partial charge in [0, 0.05) is 11.8 Å². The van der Waals surface area contributed by atoms with Gasteiger partial charge in [-0.15, -0.1) is 0 Å². The third-order valence-electron chi connectivity index (χ3n) is 3.05. The lowest BCUT2D eigenvalue weighted by Crippen LogP contribution is -2.24. The van der Waals surface area contributed by atoms with Gasteiger partial charge in [0.05, 0.1) is 7.11 Å². The number of halogens is 4. The molecular weight excluding hydrogens is 348 g/mol. The van der Waals surface area contributed by atoms with Crippen LogP contribution in [0.5, 0.6) is 5.75 Å². The monoisotopic (exact) mass is 360 g/mol. The molecule has 134 valence electrons. The summed E-state index contributed by atoms with van der Waals surface area (Å²) in [7, 11) is 0.980. The van der Waals surface area contributed by atoms with Gasteiger partial charge in [-0.3, -0.25) is 4.79 Å². The van der Waals surface area contributed by atoms with E-state index in [0.29, 0.717) is 6.20 Å². The van der Waals surface area contributed by atoms with E-state index in [1.54, 1.807) is 0 Å². The molecule has 0 N–H and O–H groups in total. The summed E-state index contributed by atoms with van der Waals surface area (Å²) in [6.07, 6.45) is -2.22. The fraction of sp³-hybridized carbons (Fsp3) is 0.267. The van der Waals surface area contributed by atoms with E-state index in [0.717, 1.165) is 7.11 Å². The number of carbonyl (C=O) groups excluding carboxylic acids is 1. The van der Waals surface area contributed by atoms with E-state index in [1.165, 1.54) is 24.3 Å². The molecular formula is C15H12F4N2O4. The second kappa shape index (κ2) is 7.77. The van der Waals surface area contributed by atoms with Gasteiger partial charge >= 0.3 is 12.5 Å². The molecule has 0 saturated heterocycles. The molecule has 0 bridgehead atoms. The van der Waals surface area contributed by atoms with Crippen molar-refractivity contribution in [1.29, 1.82) is 0 Å². The van der Waals surface area contributed by atoms with Gasteiger partial charge < -0.3 is 9.47 Å². The van der Waals surface area contributed by atoms with Crippen LogP contribution in [-0.4, -0.2) is 35.9 Å². The van der Waals surface area contributed by atoms with Gasteiger partial charge in [0.2, 0.25) is 5.43 Å². The Morgan fingerprint density at radius 1 is 1.24 bits per heavy atom. The molecule has 1 heterocycles. The van der Waals surface area contributed by atoms with Crippen molar-refractivity contribution in [1.82, 2.24) is 9.78 Å². The molecule has 25 heavy (non-hydrogen) atoms. The van der Waals surface area contributed by atoms with Crippen LogP contribution in [0.3, 0.4) is 0 Å². The van der Waals surface area contributed by atoms with Gasteiger partial charge in [-0.2, -0.15) is 13.9 Å². The molecule has 10 heteroatoms. The fourth-order valence-corrected chi connectivity index (χ4v) is 1.98. The van der Waals surface area contributed by atoms with Gasteiger partial charge in [0.1, 0.15) is 23.6 Å². The number of para-hydroxylation sites is 1. The van der Waals surface area contributed by atoms with Crippen molar-refractivity contribution in [3.63, 3.8) is 0 Å². The number of nitrogens with zero attached hydrogens (tertiary/aromatic N) is 2. The maximum Gasteiger partial charge on any atom is 0.343 e. The quantitative estimate of drug-likeness (QED) is 0.585. The van der Waals surface area contributed by atoms with Gasteiger partial charge in [0.15, 0.2) is 0 Å². The van der Waals surface area contributed by atoms with E-state index < -0.39 is 42.2 Å². The van der Waals surface area contributed by atoms with Crippen LogP contribution in [0.25, 0.3) is 11.3 Å². The average Bonchev–Trinajstić information content (AvgIpc) is 2.59. The number of rotatable bonds is 6.